The molecule has 0 amide bonds. The van der Waals surface area contributed by atoms with E-state index in [2.05, 4.69) is 0 Å². The van der Waals surface area contributed by atoms with Gasteiger partial charge in [0.25, 0.3) is 0 Å². The Morgan fingerprint density at radius 2 is 2.12 bits per heavy atom. The van der Waals surface area contributed by atoms with Gasteiger partial charge in [-0.05, 0) is 25.0 Å². The molecular formula is C13H20FNO. The van der Waals surface area contributed by atoms with Crippen molar-refractivity contribution >= 4 is 0 Å². The van der Waals surface area contributed by atoms with Gasteiger partial charge < -0.3 is 10.5 Å². The lowest BCUT2D eigenvalue weighted by Crippen LogP contribution is -2.31. The number of hydrogen-bond acceptors (Lipinski definition) is 2. The van der Waals surface area contributed by atoms with E-state index in [1.54, 1.807) is 6.07 Å². The average molecular weight is 225 g/mol. The highest BCUT2D eigenvalue weighted by atomic mass is 19.1. The lowest BCUT2D eigenvalue weighted by molar-refractivity contribution is 0.0257. The molecule has 0 spiro atoms. The van der Waals surface area contributed by atoms with Crippen molar-refractivity contribution in [2.45, 2.75) is 39.3 Å². The van der Waals surface area contributed by atoms with Crippen molar-refractivity contribution in [1.29, 1.82) is 0 Å². The Kier molecular flexibility index (Phi) is 4.90. The Hall–Kier alpha value is -0.930. The van der Waals surface area contributed by atoms with Crippen molar-refractivity contribution in [2.24, 2.45) is 5.73 Å². The normalized spacial score (nSPS) is 20.4. The summed E-state index contributed by atoms with van der Waals surface area (Å²) in [6.45, 7) is 6.47. The van der Waals surface area contributed by atoms with Crippen molar-refractivity contribution < 1.29 is 9.13 Å². The number of nitrogens with two attached hydrogens (primary N) is 1. The summed E-state index contributed by atoms with van der Waals surface area (Å²) in [6.07, 6.45) is 0.482. The summed E-state index contributed by atoms with van der Waals surface area (Å²) in [4.78, 5) is 0. The van der Waals surface area contributed by atoms with E-state index in [4.69, 9.17) is 10.5 Å². The SMILES string of the molecule is CC.CC(N)C1OCCc2cccc(F)c21. The lowest BCUT2D eigenvalue weighted by Gasteiger charge is -2.28. The van der Waals surface area contributed by atoms with E-state index in [1.807, 2.05) is 26.8 Å². The molecule has 3 heteroatoms. The van der Waals surface area contributed by atoms with Gasteiger partial charge in [0, 0.05) is 11.6 Å². The van der Waals surface area contributed by atoms with Crippen LogP contribution in [0.5, 0.6) is 0 Å². The summed E-state index contributed by atoms with van der Waals surface area (Å²) in [5.41, 5.74) is 7.43. The van der Waals surface area contributed by atoms with Crippen LogP contribution in [0.15, 0.2) is 18.2 Å². The maximum absolute atomic E-state index is 13.5. The number of halogens is 1. The molecule has 2 nitrogen and oxygen atoms in total. The van der Waals surface area contributed by atoms with Gasteiger partial charge in [-0.1, -0.05) is 26.0 Å². The number of fused-ring (bicyclic) bond motifs is 1. The third-order valence-corrected chi connectivity index (χ3v) is 2.57. The Balaban J connectivity index is 0.000000606. The van der Waals surface area contributed by atoms with Crippen LogP contribution in [0.2, 0.25) is 0 Å². The fraction of sp³-hybridized carbons (Fsp3) is 0.538. The van der Waals surface area contributed by atoms with Gasteiger partial charge in [0.15, 0.2) is 0 Å². The molecule has 1 heterocycles. The highest BCUT2D eigenvalue weighted by molar-refractivity contribution is 5.33. The van der Waals surface area contributed by atoms with Crippen LogP contribution in [0.1, 0.15) is 38.0 Å². The molecule has 0 aliphatic carbocycles. The minimum absolute atomic E-state index is 0.175. The molecule has 0 fully saturated rings. The zero-order valence-corrected chi connectivity index (χ0v) is 10.2. The van der Waals surface area contributed by atoms with E-state index in [1.165, 1.54) is 6.07 Å². The predicted octanol–water partition coefficient (Wildman–Crippen LogP) is 2.81. The highest BCUT2D eigenvalue weighted by Gasteiger charge is 2.26. The fourth-order valence-electron chi connectivity index (χ4n) is 1.91. The van der Waals surface area contributed by atoms with Crippen LogP contribution in [0, 0.1) is 5.82 Å². The molecule has 0 aromatic heterocycles. The third-order valence-electron chi connectivity index (χ3n) is 2.57. The van der Waals surface area contributed by atoms with E-state index in [9.17, 15) is 4.39 Å². The van der Waals surface area contributed by atoms with Gasteiger partial charge in [0.2, 0.25) is 0 Å². The molecule has 2 N–H and O–H groups in total. The Morgan fingerprint density at radius 1 is 1.44 bits per heavy atom. The maximum atomic E-state index is 13.5. The molecule has 1 aromatic carbocycles. The Morgan fingerprint density at radius 3 is 2.75 bits per heavy atom. The molecule has 2 unspecified atom stereocenters. The smallest absolute Gasteiger partial charge is 0.129 e. The summed E-state index contributed by atoms with van der Waals surface area (Å²) in [5, 5.41) is 0. The average Bonchev–Trinajstić information content (AvgIpc) is 2.31. The van der Waals surface area contributed by atoms with Crippen molar-refractivity contribution in [3.63, 3.8) is 0 Å². The molecule has 0 radical (unpaired) electrons. The van der Waals surface area contributed by atoms with Crippen LogP contribution in [-0.2, 0) is 11.2 Å². The minimum atomic E-state index is -0.292. The molecule has 90 valence electrons. The van der Waals surface area contributed by atoms with E-state index < -0.39 is 0 Å². The van der Waals surface area contributed by atoms with Crippen LogP contribution in [0.25, 0.3) is 0 Å². The van der Waals surface area contributed by atoms with Gasteiger partial charge in [-0.3, -0.25) is 0 Å². The predicted molar refractivity (Wildman–Crippen MR) is 63.8 cm³/mol. The summed E-state index contributed by atoms with van der Waals surface area (Å²) >= 11 is 0. The minimum Gasteiger partial charge on any atom is -0.371 e. The van der Waals surface area contributed by atoms with Gasteiger partial charge in [0.1, 0.15) is 11.9 Å². The number of ether oxygens (including phenoxy) is 1. The van der Waals surface area contributed by atoms with Crippen LogP contribution in [0.3, 0.4) is 0 Å². The van der Waals surface area contributed by atoms with Crippen LogP contribution >= 0.6 is 0 Å². The summed E-state index contributed by atoms with van der Waals surface area (Å²) in [6, 6.07) is 4.96. The van der Waals surface area contributed by atoms with Crippen molar-refractivity contribution in [2.75, 3.05) is 6.61 Å². The summed E-state index contributed by atoms with van der Waals surface area (Å²) in [5.74, 6) is -0.204. The van der Waals surface area contributed by atoms with Crippen molar-refractivity contribution in [1.82, 2.24) is 0 Å². The van der Waals surface area contributed by atoms with Gasteiger partial charge in [-0.15, -0.1) is 0 Å². The van der Waals surface area contributed by atoms with Crippen LogP contribution < -0.4 is 5.73 Å². The highest BCUT2D eigenvalue weighted by Crippen LogP contribution is 2.30. The van der Waals surface area contributed by atoms with Gasteiger partial charge in [-0.25, -0.2) is 4.39 Å². The van der Waals surface area contributed by atoms with E-state index in [0.29, 0.717) is 12.2 Å². The second kappa shape index (κ2) is 5.97. The molecule has 2 atom stereocenters. The zero-order valence-electron chi connectivity index (χ0n) is 10.2. The molecule has 0 saturated heterocycles. The van der Waals surface area contributed by atoms with Gasteiger partial charge in [0.05, 0.1) is 6.61 Å². The standard InChI is InChI=1S/C11H14FNO.C2H6/c1-7(13)11-10-8(5-6-14-11)3-2-4-9(10)12;1-2/h2-4,7,11H,5-6,13H2,1H3;1-2H3. The molecule has 2 rings (SSSR count). The van der Waals surface area contributed by atoms with Crippen LogP contribution in [-0.4, -0.2) is 12.6 Å². The van der Waals surface area contributed by atoms with Gasteiger partial charge in [-0.2, -0.15) is 0 Å². The Labute approximate surface area is 96.6 Å². The molecule has 0 saturated carbocycles. The first-order chi connectivity index (χ1) is 7.70. The first-order valence-electron chi connectivity index (χ1n) is 5.84. The van der Waals surface area contributed by atoms with E-state index >= 15 is 0 Å². The molecule has 1 aromatic rings. The number of benzene rings is 1. The summed E-state index contributed by atoms with van der Waals surface area (Å²) in [7, 11) is 0. The summed E-state index contributed by atoms with van der Waals surface area (Å²) < 4.78 is 19.0. The number of hydrogen-bond donors (Lipinski definition) is 1. The largest absolute Gasteiger partial charge is 0.371 e. The molecule has 0 bridgehead atoms. The second-order valence-electron chi connectivity index (χ2n) is 3.71. The first kappa shape index (κ1) is 13.1. The molecule has 1 aliphatic heterocycles. The quantitative estimate of drug-likeness (QED) is 0.797. The Bertz CT molecular complexity index is 339. The third kappa shape index (κ3) is 2.60. The molecular weight excluding hydrogens is 205 g/mol. The van der Waals surface area contributed by atoms with E-state index in [-0.39, 0.29) is 18.0 Å². The van der Waals surface area contributed by atoms with E-state index in [0.717, 1.165) is 12.0 Å². The number of rotatable bonds is 1. The van der Waals surface area contributed by atoms with Crippen LogP contribution in [0.4, 0.5) is 4.39 Å². The van der Waals surface area contributed by atoms with Crippen molar-refractivity contribution in [3.05, 3.63) is 35.1 Å². The van der Waals surface area contributed by atoms with Gasteiger partial charge >= 0.3 is 0 Å². The lowest BCUT2D eigenvalue weighted by atomic mass is 9.94. The zero-order chi connectivity index (χ0) is 12.1. The molecule has 16 heavy (non-hydrogen) atoms. The topological polar surface area (TPSA) is 35.2 Å². The first-order valence-corrected chi connectivity index (χ1v) is 5.84. The second-order valence-corrected chi connectivity index (χ2v) is 3.71. The fourth-order valence-corrected chi connectivity index (χ4v) is 1.91. The maximum Gasteiger partial charge on any atom is 0.129 e. The molecule has 1 aliphatic rings. The monoisotopic (exact) mass is 225 g/mol. The van der Waals surface area contributed by atoms with Crippen molar-refractivity contribution in [3.8, 4) is 0 Å².